The molecule has 1 N–H and O–H groups in total. The van der Waals surface area contributed by atoms with E-state index in [1.165, 1.54) is 24.4 Å². The second-order valence-corrected chi connectivity index (χ2v) is 4.15. The third-order valence-corrected chi connectivity index (χ3v) is 2.67. The third kappa shape index (κ3) is 3.83. The summed E-state index contributed by atoms with van der Waals surface area (Å²) in [7, 11) is 0. The van der Waals surface area contributed by atoms with Crippen molar-refractivity contribution < 1.29 is 13.2 Å². The van der Waals surface area contributed by atoms with Crippen molar-refractivity contribution in [3.8, 4) is 6.07 Å². The largest absolute Gasteiger partial charge is 0.418 e. The minimum Gasteiger partial charge on any atom is -0.278 e. The van der Waals surface area contributed by atoms with E-state index in [1.807, 2.05) is 6.07 Å². The number of rotatable bonds is 3. The zero-order valence-electron chi connectivity index (χ0n) is 10.7. The fourth-order valence-corrected chi connectivity index (χ4v) is 1.65. The van der Waals surface area contributed by atoms with Crippen molar-refractivity contribution in [1.29, 1.82) is 5.26 Å². The van der Waals surface area contributed by atoms with Gasteiger partial charge in [0.25, 0.3) is 0 Å². The fourth-order valence-electron chi connectivity index (χ4n) is 1.65. The number of nitrogens with zero attached hydrogens (tertiary/aromatic N) is 2. The average Bonchev–Trinajstić information content (AvgIpc) is 2.47. The topological polar surface area (TPSA) is 48.2 Å². The van der Waals surface area contributed by atoms with Crippen molar-refractivity contribution >= 4 is 11.9 Å². The van der Waals surface area contributed by atoms with Crippen molar-refractivity contribution in [3.05, 3.63) is 65.2 Å². The van der Waals surface area contributed by atoms with E-state index < -0.39 is 11.7 Å². The lowest BCUT2D eigenvalue weighted by Gasteiger charge is -2.11. The van der Waals surface area contributed by atoms with E-state index in [0.29, 0.717) is 11.1 Å². The van der Waals surface area contributed by atoms with Crippen LogP contribution in [-0.2, 0) is 6.18 Å². The first kappa shape index (κ1) is 14.6. The van der Waals surface area contributed by atoms with Gasteiger partial charge in [-0.3, -0.25) is 5.43 Å². The van der Waals surface area contributed by atoms with Gasteiger partial charge in [-0.05, 0) is 29.8 Å². The van der Waals surface area contributed by atoms with Gasteiger partial charge in [-0.25, -0.2) is 0 Å². The lowest BCUT2D eigenvalue weighted by atomic mass is 10.2. The maximum atomic E-state index is 12.8. The molecule has 0 radical (unpaired) electrons. The summed E-state index contributed by atoms with van der Waals surface area (Å²) in [5, 5.41) is 12.4. The van der Waals surface area contributed by atoms with Crippen molar-refractivity contribution in [1.82, 2.24) is 0 Å². The molecule has 6 heteroatoms. The van der Waals surface area contributed by atoms with Crippen molar-refractivity contribution in [2.75, 3.05) is 5.43 Å². The van der Waals surface area contributed by atoms with E-state index in [2.05, 4.69) is 10.5 Å². The molecule has 0 bridgehead atoms. The quantitative estimate of drug-likeness (QED) is 0.685. The Labute approximate surface area is 119 Å². The number of nitriles is 1. The van der Waals surface area contributed by atoms with Gasteiger partial charge in [0.15, 0.2) is 0 Å². The molecule has 0 amide bonds. The normalized spacial score (nSPS) is 11.3. The van der Waals surface area contributed by atoms with E-state index >= 15 is 0 Å². The number of benzene rings is 2. The Morgan fingerprint density at radius 2 is 1.71 bits per heavy atom. The van der Waals surface area contributed by atoms with Gasteiger partial charge in [0.1, 0.15) is 0 Å². The summed E-state index contributed by atoms with van der Waals surface area (Å²) in [5.74, 6) is 0. The van der Waals surface area contributed by atoms with E-state index in [1.54, 1.807) is 24.3 Å². The van der Waals surface area contributed by atoms with Crippen LogP contribution in [0.5, 0.6) is 0 Å². The van der Waals surface area contributed by atoms with Crippen LogP contribution in [0, 0.1) is 11.3 Å². The highest BCUT2D eigenvalue weighted by molar-refractivity contribution is 5.80. The number of hydrogen-bond acceptors (Lipinski definition) is 3. The van der Waals surface area contributed by atoms with Gasteiger partial charge in [-0.2, -0.15) is 23.5 Å². The van der Waals surface area contributed by atoms with Crippen LogP contribution in [0.3, 0.4) is 0 Å². The molecule has 0 aromatic heterocycles. The first-order valence-electron chi connectivity index (χ1n) is 5.96. The maximum absolute atomic E-state index is 12.8. The molecule has 0 spiro atoms. The highest BCUT2D eigenvalue weighted by atomic mass is 19.4. The highest BCUT2D eigenvalue weighted by Crippen LogP contribution is 2.34. The third-order valence-electron chi connectivity index (χ3n) is 2.67. The number of nitrogens with one attached hydrogen (secondary N) is 1. The predicted octanol–water partition coefficient (Wildman–Crippen LogP) is 4.02. The van der Waals surface area contributed by atoms with E-state index in [0.717, 1.165) is 6.07 Å². The summed E-state index contributed by atoms with van der Waals surface area (Å²) in [6, 6.07) is 13.6. The molecule has 0 heterocycles. The molecule has 2 aromatic carbocycles. The van der Waals surface area contributed by atoms with Gasteiger partial charge >= 0.3 is 6.18 Å². The molecule has 3 nitrogen and oxygen atoms in total. The van der Waals surface area contributed by atoms with Crippen LogP contribution in [0.15, 0.2) is 53.6 Å². The van der Waals surface area contributed by atoms with Crippen molar-refractivity contribution in [2.45, 2.75) is 6.18 Å². The maximum Gasteiger partial charge on any atom is 0.418 e. The Bertz CT molecular complexity index is 683. The summed E-state index contributed by atoms with van der Waals surface area (Å²) in [4.78, 5) is 0. The van der Waals surface area contributed by atoms with Crippen molar-refractivity contribution in [3.63, 3.8) is 0 Å². The van der Waals surface area contributed by atoms with Crippen LogP contribution in [0.4, 0.5) is 18.9 Å². The fraction of sp³-hybridized carbons (Fsp3) is 0.0667. The van der Waals surface area contributed by atoms with Crippen LogP contribution < -0.4 is 5.43 Å². The van der Waals surface area contributed by atoms with Gasteiger partial charge in [0.05, 0.1) is 29.1 Å². The summed E-state index contributed by atoms with van der Waals surface area (Å²) >= 11 is 0. The summed E-state index contributed by atoms with van der Waals surface area (Å²) in [5.41, 5.74) is 2.66. The molecule has 2 aromatic rings. The number of hydrazone groups is 1. The number of halogens is 3. The molecule has 21 heavy (non-hydrogen) atoms. The number of anilines is 1. The lowest BCUT2D eigenvalue weighted by Crippen LogP contribution is -2.08. The standard InChI is InChI=1S/C15H10F3N3/c16-15(17,18)13-3-1-2-4-14(13)21-20-10-12-7-5-11(9-19)6-8-12/h1-8,10,21H/b20-10-. The Kier molecular flexibility index (Phi) is 4.24. The molecule has 2 rings (SSSR count). The van der Waals surface area contributed by atoms with Gasteiger partial charge in [0.2, 0.25) is 0 Å². The lowest BCUT2D eigenvalue weighted by molar-refractivity contribution is -0.136. The van der Waals surface area contributed by atoms with Crippen LogP contribution >= 0.6 is 0 Å². The van der Waals surface area contributed by atoms with E-state index in [4.69, 9.17) is 5.26 Å². The van der Waals surface area contributed by atoms with Gasteiger partial charge in [-0.15, -0.1) is 0 Å². The molecular weight excluding hydrogens is 279 g/mol. The summed E-state index contributed by atoms with van der Waals surface area (Å²) < 4.78 is 38.3. The number of hydrogen-bond donors (Lipinski definition) is 1. The molecule has 0 saturated carbocycles. The average molecular weight is 289 g/mol. The van der Waals surface area contributed by atoms with Crippen LogP contribution in [0.25, 0.3) is 0 Å². The highest BCUT2D eigenvalue weighted by Gasteiger charge is 2.33. The molecule has 0 fully saturated rings. The van der Waals surface area contributed by atoms with E-state index in [-0.39, 0.29) is 5.69 Å². The molecule has 0 aliphatic heterocycles. The molecule has 0 saturated heterocycles. The number of para-hydroxylation sites is 1. The minimum atomic E-state index is -4.44. The van der Waals surface area contributed by atoms with Gasteiger partial charge in [-0.1, -0.05) is 24.3 Å². The Balaban J connectivity index is 2.13. The first-order valence-corrected chi connectivity index (χ1v) is 5.96. The predicted molar refractivity (Wildman–Crippen MR) is 73.8 cm³/mol. The Morgan fingerprint density at radius 1 is 1.05 bits per heavy atom. The second kappa shape index (κ2) is 6.09. The Morgan fingerprint density at radius 3 is 2.33 bits per heavy atom. The molecule has 0 unspecified atom stereocenters. The SMILES string of the molecule is N#Cc1ccc(/C=N\Nc2ccccc2C(F)(F)F)cc1. The number of alkyl halides is 3. The molecule has 0 atom stereocenters. The first-order chi connectivity index (χ1) is 10.0. The monoisotopic (exact) mass is 289 g/mol. The van der Waals surface area contributed by atoms with Crippen LogP contribution in [-0.4, -0.2) is 6.21 Å². The van der Waals surface area contributed by atoms with Crippen LogP contribution in [0.1, 0.15) is 16.7 Å². The zero-order valence-corrected chi connectivity index (χ0v) is 10.7. The summed E-state index contributed by atoms with van der Waals surface area (Å²) in [6.07, 6.45) is -3.05. The summed E-state index contributed by atoms with van der Waals surface area (Å²) in [6.45, 7) is 0. The van der Waals surface area contributed by atoms with Gasteiger partial charge in [0, 0.05) is 0 Å². The minimum absolute atomic E-state index is 0.116. The van der Waals surface area contributed by atoms with E-state index in [9.17, 15) is 13.2 Å². The zero-order chi connectivity index (χ0) is 15.3. The van der Waals surface area contributed by atoms with Gasteiger partial charge < -0.3 is 0 Å². The molecule has 106 valence electrons. The Hall–Kier alpha value is -2.81. The van der Waals surface area contributed by atoms with Crippen molar-refractivity contribution in [2.24, 2.45) is 5.10 Å². The van der Waals surface area contributed by atoms with Crippen LogP contribution in [0.2, 0.25) is 0 Å². The molecule has 0 aliphatic rings. The molecule has 0 aliphatic carbocycles. The second-order valence-electron chi connectivity index (χ2n) is 4.15. The smallest absolute Gasteiger partial charge is 0.278 e. The molecular formula is C15H10F3N3.